The number of carbonyl (C=O) groups excluding carboxylic acids is 1. The van der Waals surface area contributed by atoms with Crippen molar-refractivity contribution >= 4 is 17.7 Å². The van der Waals surface area contributed by atoms with E-state index in [4.69, 9.17) is 14.2 Å². The fourth-order valence-corrected chi connectivity index (χ4v) is 4.77. The number of ether oxygens (including phenoxy) is 3. The van der Waals surface area contributed by atoms with Gasteiger partial charge >= 0.3 is 5.69 Å². The summed E-state index contributed by atoms with van der Waals surface area (Å²) in [6, 6.07) is 14.3. The Morgan fingerprint density at radius 3 is 2.48 bits per heavy atom. The smallest absolute Gasteiger partial charge is 0.325 e. The van der Waals surface area contributed by atoms with Crippen LogP contribution in [0.4, 0.5) is 0 Å². The van der Waals surface area contributed by atoms with Crippen LogP contribution in [-0.2, 0) is 17.6 Å². The molecule has 2 heterocycles. The van der Waals surface area contributed by atoms with Crippen molar-refractivity contribution in [2.45, 2.75) is 24.9 Å². The molecule has 0 aliphatic heterocycles. The molecule has 0 unspecified atom stereocenters. The summed E-state index contributed by atoms with van der Waals surface area (Å²) in [4.78, 5) is 40.9. The number of rotatable bonds is 13. The summed E-state index contributed by atoms with van der Waals surface area (Å²) in [5.74, 6) is 2.43. The molecule has 0 bridgehead atoms. The van der Waals surface area contributed by atoms with Gasteiger partial charge in [-0.15, -0.1) is 10.2 Å². The summed E-state index contributed by atoms with van der Waals surface area (Å²) in [6.45, 7) is 2.89. The molecule has 2 aromatic carbocycles. The van der Waals surface area contributed by atoms with Gasteiger partial charge in [0.2, 0.25) is 5.91 Å². The Hall–Kier alpha value is -4.52. The van der Waals surface area contributed by atoms with Gasteiger partial charge in [0.25, 0.3) is 5.56 Å². The molecule has 0 aliphatic carbocycles. The molecule has 2 aromatic heterocycles. The normalized spacial score (nSPS) is 10.8. The molecular weight excluding hydrogens is 536 g/mol. The predicted molar refractivity (Wildman–Crippen MR) is 150 cm³/mol. The minimum atomic E-state index is -0.603. The number of aromatic amines is 2. The van der Waals surface area contributed by atoms with Gasteiger partial charge in [0, 0.05) is 30.4 Å². The van der Waals surface area contributed by atoms with Crippen molar-refractivity contribution in [3.8, 4) is 22.9 Å². The Bertz CT molecular complexity index is 1530. The minimum absolute atomic E-state index is 0.114. The first kappa shape index (κ1) is 28.5. The number of methoxy groups -OCH3 is 2. The fourth-order valence-electron chi connectivity index (χ4n) is 3.97. The number of carbonyl (C=O) groups is 1. The van der Waals surface area contributed by atoms with Crippen LogP contribution < -0.4 is 30.8 Å². The van der Waals surface area contributed by atoms with Gasteiger partial charge in [-0.3, -0.25) is 19.1 Å². The molecule has 13 heteroatoms. The van der Waals surface area contributed by atoms with E-state index in [1.807, 2.05) is 49.4 Å². The molecule has 40 heavy (non-hydrogen) atoms. The molecule has 0 saturated carbocycles. The number of hydrogen-bond acceptors (Lipinski definition) is 9. The van der Waals surface area contributed by atoms with E-state index in [0.29, 0.717) is 53.5 Å². The molecule has 4 aromatic rings. The number of nitrogens with one attached hydrogen (secondary N) is 3. The van der Waals surface area contributed by atoms with E-state index in [0.717, 1.165) is 11.3 Å². The third kappa shape index (κ3) is 7.32. The first-order chi connectivity index (χ1) is 19.4. The van der Waals surface area contributed by atoms with E-state index in [1.165, 1.54) is 17.8 Å². The average Bonchev–Trinajstić information content (AvgIpc) is 3.33. The minimum Gasteiger partial charge on any atom is -0.494 e. The molecule has 0 saturated heterocycles. The van der Waals surface area contributed by atoms with Gasteiger partial charge < -0.3 is 24.5 Å². The largest absolute Gasteiger partial charge is 0.494 e. The van der Waals surface area contributed by atoms with Crippen LogP contribution in [0.25, 0.3) is 5.69 Å². The fraction of sp³-hybridized carbons (Fsp3) is 0.296. The lowest BCUT2D eigenvalue weighted by Crippen LogP contribution is -2.27. The zero-order chi connectivity index (χ0) is 28.5. The highest BCUT2D eigenvalue weighted by Gasteiger charge is 2.17. The molecule has 0 fully saturated rings. The first-order valence-corrected chi connectivity index (χ1v) is 13.5. The van der Waals surface area contributed by atoms with Crippen molar-refractivity contribution < 1.29 is 19.0 Å². The van der Waals surface area contributed by atoms with Gasteiger partial charge in [-0.1, -0.05) is 17.8 Å². The van der Waals surface area contributed by atoms with Crippen LogP contribution in [0.5, 0.6) is 17.2 Å². The summed E-state index contributed by atoms with van der Waals surface area (Å²) < 4.78 is 17.9. The van der Waals surface area contributed by atoms with Crippen LogP contribution in [0.1, 0.15) is 24.0 Å². The van der Waals surface area contributed by atoms with E-state index in [2.05, 4.69) is 25.5 Å². The Labute approximate surface area is 234 Å². The van der Waals surface area contributed by atoms with Crippen LogP contribution in [0.2, 0.25) is 0 Å². The Morgan fingerprint density at radius 1 is 1.00 bits per heavy atom. The predicted octanol–water partition coefficient (Wildman–Crippen LogP) is 2.10. The quantitative estimate of drug-likeness (QED) is 0.207. The van der Waals surface area contributed by atoms with Gasteiger partial charge in [-0.25, -0.2) is 4.79 Å². The highest BCUT2D eigenvalue weighted by Crippen LogP contribution is 2.28. The van der Waals surface area contributed by atoms with Crippen LogP contribution in [0.15, 0.2) is 63.3 Å². The second-order valence-electron chi connectivity index (χ2n) is 8.53. The van der Waals surface area contributed by atoms with Crippen LogP contribution in [0, 0.1) is 0 Å². The van der Waals surface area contributed by atoms with Crippen molar-refractivity contribution in [1.82, 2.24) is 30.0 Å². The number of hydrogen-bond donors (Lipinski definition) is 3. The Kier molecular flexibility index (Phi) is 9.62. The van der Waals surface area contributed by atoms with Crippen molar-refractivity contribution in [1.29, 1.82) is 0 Å². The number of H-pyrrole nitrogens is 2. The molecule has 12 nitrogen and oxygen atoms in total. The molecular formula is C27H30N6O6S. The summed E-state index contributed by atoms with van der Waals surface area (Å²) in [6.07, 6.45) is 0.773. The van der Waals surface area contributed by atoms with E-state index in [9.17, 15) is 14.4 Å². The molecule has 3 N–H and O–H groups in total. The maximum absolute atomic E-state index is 12.6. The lowest BCUT2D eigenvalue weighted by molar-refractivity contribution is -0.118. The third-order valence-corrected chi connectivity index (χ3v) is 6.72. The summed E-state index contributed by atoms with van der Waals surface area (Å²) >= 11 is 1.23. The molecule has 0 spiro atoms. The summed E-state index contributed by atoms with van der Waals surface area (Å²) in [5, 5.41) is 12.0. The van der Waals surface area contributed by atoms with E-state index < -0.39 is 11.2 Å². The Morgan fingerprint density at radius 2 is 1.77 bits per heavy atom. The Balaban J connectivity index is 1.46. The number of nitrogens with zero attached hydrogens (tertiary/aromatic N) is 3. The topological polar surface area (TPSA) is 153 Å². The van der Waals surface area contributed by atoms with Crippen molar-refractivity contribution in [3.05, 3.63) is 86.5 Å². The maximum atomic E-state index is 12.6. The molecule has 1 amide bonds. The average molecular weight is 567 g/mol. The number of amides is 1. The van der Waals surface area contributed by atoms with Gasteiger partial charge in [0.15, 0.2) is 16.7 Å². The maximum Gasteiger partial charge on any atom is 0.325 e. The second kappa shape index (κ2) is 13.5. The number of benzene rings is 2. The van der Waals surface area contributed by atoms with E-state index in [1.54, 1.807) is 18.8 Å². The first-order valence-electron chi connectivity index (χ1n) is 12.5. The molecule has 0 atom stereocenters. The number of thioether (sulfide) groups is 1. The van der Waals surface area contributed by atoms with Gasteiger partial charge in [-0.05, 0) is 55.3 Å². The van der Waals surface area contributed by atoms with Crippen LogP contribution in [0.3, 0.4) is 0 Å². The van der Waals surface area contributed by atoms with E-state index >= 15 is 0 Å². The van der Waals surface area contributed by atoms with Crippen molar-refractivity contribution in [3.63, 3.8) is 0 Å². The molecule has 0 radical (unpaired) electrons. The van der Waals surface area contributed by atoms with Crippen LogP contribution >= 0.6 is 11.8 Å². The summed E-state index contributed by atoms with van der Waals surface area (Å²) in [7, 11) is 3.16. The van der Waals surface area contributed by atoms with Crippen molar-refractivity contribution in [2.75, 3.05) is 33.1 Å². The van der Waals surface area contributed by atoms with Gasteiger partial charge in [0.05, 0.1) is 26.6 Å². The summed E-state index contributed by atoms with van der Waals surface area (Å²) in [5.41, 5.74) is 1.02. The SMILES string of the molecule is CCOc1ccc(-n2c(Cc3cc(=O)[nH]c(=O)[nH]3)nnc2SCC(=O)NCCc2ccc(OC)c(OC)c2)cc1. The molecule has 0 aliphatic rings. The lowest BCUT2D eigenvalue weighted by atomic mass is 10.1. The van der Waals surface area contributed by atoms with Gasteiger partial charge in [0.1, 0.15) is 11.6 Å². The second-order valence-corrected chi connectivity index (χ2v) is 9.47. The molecule has 210 valence electrons. The van der Waals surface area contributed by atoms with Crippen molar-refractivity contribution in [2.24, 2.45) is 0 Å². The molecule has 4 rings (SSSR count). The monoisotopic (exact) mass is 566 g/mol. The van der Waals surface area contributed by atoms with Crippen LogP contribution in [-0.4, -0.2) is 63.8 Å². The lowest BCUT2D eigenvalue weighted by Gasteiger charge is -2.12. The third-order valence-electron chi connectivity index (χ3n) is 5.79. The highest BCUT2D eigenvalue weighted by atomic mass is 32.2. The highest BCUT2D eigenvalue weighted by molar-refractivity contribution is 7.99. The zero-order valence-electron chi connectivity index (χ0n) is 22.4. The number of aromatic nitrogens is 5. The van der Waals surface area contributed by atoms with Gasteiger partial charge in [-0.2, -0.15) is 0 Å². The zero-order valence-corrected chi connectivity index (χ0v) is 23.2. The standard InChI is InChI=1S/C27H30N6O6S/c1-4-39-20-8-6-19(7-9-20)33-23(14-18-15-24(34)30-26(36)29-18)31-32-27(33)40-16-25(35)28-12-11-17-5-10-21(37-2)22(13-17)38-3/h5-10,13,15H,4,11-12,14,16H2,1-3H3,(H,28,35)(H2,29,30,34,36). The van der Waals surface area contributed by atoms with E-state index in [-0.39, 0.29) is 18.1 Å².